The minimum absolute atomic E-state index is 0. The Morgan fingerprint density at radius 1 is 1.37 bits per heavy atom. The molecule has 0 radical (unpaired) electrons. The quantitative estimate of drug-likeness (QED) is 0.166. The van der Waals surface area contributed by atoms with Crippen molar-refractivity contribution in [2.45, 2.75) is 31.3 Å². The molecule has 3 amide bonds. The summed E-state index contributed by atoms with van der Waals surface area (Å²) in [7, 11) is -5.07. The standard InChI is InChI=1S/C13H16N6O6S.Na/c14-12(17-11(20)6-10-15-4-1-5-16-10)9-3-2-8-7-18(9)13(21)19(8)25-26(22,23)24;/h1,4-5,8-9H,2-3,6-7H2,(H2,14,17,20)(H,22,23,24);/q;+1/p-1/t8-,9+;/m1./s1. The number of nitrogens with zero attached hydrogens (tertiary/aromatic N) is 5. The predicted octanol–water partition coefficient (Wildman–Crippen LogP) is -4.43. The van der Waals surface area contributed by atoms with E-state index in [-0.39, 0.29) is 54.2 Å². The zero-order valence-corrected chi connectivity index (χ0v) is 17.2. The van der Waals surface area contributed by atoms with Gasteiger partial charge in [-0.3, -0.25) is 4.79 Å². The van der Waals surface area contributed by atoms with E-state index < -0.39 is 34.4 Å². The van der Waals surface area contributed by atoms with Gasteiger partial charge in [0.2, 0.25) is 10.4 Å². The Bertz CT molecular complexity index is 850. The van der Waals surface area contributed by atoms with Gasteiger partial charge >= 0.3 is 35.6 Å². The Labute approximate surface area is 177 Å². The molecular formula is C13H15N6NaO6S. The zero-order valence-electron chi connectivity index (χ0n) is 14.4. The van der Waals surface area contributed by atoms with Crippen LogP contribution in [0.3, 0.4) is 0 Å². The Balaban J connectivity index is 0.00000261. The summed E-state index contributed by atoms with van der Waals surface area (Å²) in [6, 6.07) is -0.473. The van der Waals surface area contributed by atoms with Gasteiger partial charge < -0.3 is 15.2 Å². The van der Waals surface area contributed by atoms with Crippen molar-refractivity contribution >= 4 is 28.2 Å². The van der Waals surface area contributed by atoms with Crippen LogP contribution in [0.4, 0.5) is 4.79 Å². The predicted molar refractivity (Wildman–Crippen MR) is 83.9 cm³/mol. The van der Waals surface area contributed by atoms with Gasteiger partial charge in [-0.05, 0) is 18.9 Å². The van der Waals surface area contributed by atoms with Crippen LogP contribution in [0.5, 0.6) is 0 Å². The van der Waals surface area contributed by atoms with Crippen molar-refractivity contribution in [3.63, 3.8) is 0 Å². The van der Waals surface area contributed by atoms with Crippen molar-refractivity contribution in [1.29, 1.82) is 0 Å². The maximum Gasteiger partial charge on any atom is 1.00 e. The number of aliphatic imine (C=N–C) groups is 1. The van der Waals surface area contributed by atoms with Crippen LogP contribution in [0, 0.1) is 0 Å². The molecule has 14 heteroatoms. The molecule has 2 aliphatic heterocycles. The number of hydroxylamine groups is 2. The van der Waals surface area contributed by atoms with Crippen LogP contribution in [0.1, 0.15) is 18.7 Å². The topological polar surface area (TPSA) is 171 Å². The number of amides is 3. The number of amidine groups is 1. The third kappa shape index (κ3) is 5.21. The zero-order chi connectivity index (χ0) is 18.9. The van der Waals surface area contributed by atoms with Crippen molar-refractivity contribution in [2.24, 2.45) is 10.7 Å². The van der Waals surface area contributed by atoms with Gasteiger partial charge in [-0.25, -0.2) is 23.2 Å². The van der Waals surface area contributed by atoms with Crippen LogP contribution in [-0.2, 0) is 25.9 Å². The average Bonchev–Trinajstić information content (AvgIpc) is 2.79. The summed E-state index contributed by atoms with van der Waals surface area (Å²) >= 11 is 0. The molecule has 3 rings (SSSR count). The number of nitrogens with two attached hydrogens (primary N) is 1. The largest absolute Gasteiger partial charge is 1.00 e. The van der Waals surface area contributed by atoms with Crippen molar-refractivity contribution in [2.75, 3.05) is 6.54 Å². The molecule has 2 atom stereocenters. The third-order valence-electron chi connectivity index (χ3n) is 4.02. The Hall–Kier alpha value is -1.64. The summed E-state index contributed by atoms with van der Waals surface area (Å²) in [5, 5.41) is 0.537. The summed E-state index contributed by atoms with van der Waals surface area (Å²) in [5.74, 6) is -0.363. The van der Waals surface area contributed by atoms with E-state index in [9.17, 15) is 22.6 Å². The fourth-order valence-electron chi connectivity index (χ4n) is 2.95. The molecule has 2 fully saturated rings. The molecule has 1 aromatic rings. The van der Waals surface area contributed by atoms with Crippen LogP contribution in [0.2, 0.25) is 0 Å². The Morgan fingerprint density at radius 2 is 2.04 bits per heavy atom. The van der Waals surface area contributed by atoms with E-state index in [0.717, 1.165) is 0 Å². The fraction of sp³-hybridized carbons (Fsp3) is 0.462. The summed E-state index contributed by atoms with van der Waals surface area (Å²) in [4.78, 5) is 37.1. The van der Waals surface area contributed by atoms with E-state index in [2.05, 4.69) is 19.2 Å². The first-order valence-electron chi connectivity index (χ1n) is 7.62. The van der Waals surface area contributed by atoms with Crippen molar-refractivity contribution in [3.05, 3.63) is 24.3 Å². The van der Waals surface area contributed by atoms with Gasteiger partial charge in [0.05, 0.1) is 18.5 Å². The van der Waals surface area contributed by atoms with Crippen molar-refractivity contribution in [3.8, 4) is 0 Å². The second kappa shape index (κ2) is 8.58. The third-order valence-corrected chi connectivity index (χ3v) is 4.36. The van der Waals surface area contributed by atoms with Crippen LogP contribution in [-0.4, -0.2) is 69.3 Å². The first kappa shape index (κ1) is 21.7. The summed E-state index contributed by atoms with van der Waals surface area (Å²) in [6.07, 6.45) is 3.53. The fourth-order valence-corrected chi connectivity index (χ4v) is 3.33. The van der Waals surface area contributed by atoms with Gasteiger partial charge in [0.25, 0.3) is 5.91 Å². The molecule has 0 unspecified atom stereocenters. The van der Waals surface area contributed by atoms with E-state index in [4.69, 9.17) is 5.73 Å². The molecule has 2 saturated heterocycles. The van der Waals surface area contributed by atoms with E-state index in [1.165, 1.54) is 17.3 Å². The van der Waals surface area contributed by atoms with E-state index in [1.54, 1.807) is 6.07 Å². The summed E-state index contributed by atoms with van der Waals surface area (Å²) in [5.41, 5.74) is 5.88. The molecule has 27 heavy (non-hydrogen) atoms. The second-order valence-electron chi connectivity index (χ2n) is 5.76. The maximum absolute atomic E-state index is 12.3. The van der Waals surface area contributed by atoms with Gasteiger partial charge in [-0.15, -0.1) is 0 Å². The molecule has 1 aromatic heterocycles. The molecule has 12 nitrogen and oxygen atoms in total. The van der Waals surface area contributed by atoms with Gasteiger partial charge in [0, 0.05) is 18.9 Å². The number of carbonyl (C=O) groups excluding carboxylic acids is 2. The van der Waals surface area contributed by atoms with Gasteiger partial charge in [0.15, 0.2) is 0 Å². The number of hydrogen-bond donors (Lipinski definition) is 1. The molecule has 140 valence electrons. The van der Waals surface area contributed by atoms with Crippen molar-refractivity contribution in [1.82, 2.24) is 19.9 Å². The number of carbonyl (C=O) groups is 2. The molecule has 3 heterocycles. The van der Waals surface area contributed by atoms with Crippen LogP contribution in [0.15, 0.2) is 23.5 Å². The molecule has 2 N–H and O–H groups in total. The maximum atomic E-state index is 12.3. The molecule has 2 bridgehead atoms. The Morgan fingerprint density at radius 3 is 2.67 bits per heavy atom. The van der Waals surface area contributed by atoms with Crippen LogP contribution < -0.4 is 35.3 Å². The van der Waals surface area contributed by atoms with E-state index in [0.29, 0.717) is 17.9 Å². The van der Waals surface area contributed by atoms with Gasteiger partial charge in [-0.2, -0.15) is 14.3 Å². The van der Waals surface area contributed by atoms with Gasteiger partial charge in [0.1, 0.15) is 11.7 Å². The number of rotatable bonds is 5. The number of fused-ring (bicyclic) bond motifs is 2. The SMILES string of the molecule is NC(=NC(=O)Cc1ncccn1)[C@@H]1CC[C@@H]2CN1C(=O)N2OS(=O)(=O)[O-].[Na+]. The first-order chi connectivity index (χ1) is 12.2. The van der Waals surface area contributed by atoms with Gasteiger partial charge in [-0.1, -0.05) is 0 Å². The average molecular weight is 406 g/mol. The number of piperidine rings is 1. The minimum atomic E-state index is -5.07. The van der Waals surface area contributed by atoms with Crippen molar-refractivity contribution < 1.29 is 56.4 Å². The molecule has 2 aliphatic rings. The minimum Gasteiger partial charge on any atom is -0.724 e. The van der Waals surface area contributed by atoms with Crippen LogP contribution in [0.25, 0.3) is 0 Å². The summed E-state index contributed by atoms with van der Waals surface area (Å²) in [6.45, 7) is 0.116. The molecule has 0 aliphatic carbocycles. The van der Waals surface area contributed by atoms with Crippen LogP contribution >= 0.6 is 0 Å². The first-order valence-corrected chi connectivity index (χ1v) is 8.96. The monoisotopic (exact) mass is 406 g/mol. The number of hydrogen-bond acceptors (Lipinski definition) is 8. The molecular weight excluding hydrogens is 391 g/mol. The van der Waals surface area contributed by atoms with E-state index >= 15 is 0 Å². The smallest absolute Gasteiger partial charge is 0.724 e. The Kier molecular flexibility index (Phi) is 6.88. The molecule has 0 aromatic carbocycles. The number of aromatic nitrogens is 2. The second-order valence-corrected chi connectivity index (χ2v) is 6.73. The normalized spacial score (nSPS) is 22.6. The number of urea groups is 1. The molecule has 0 saturated carbocycles. The van der Waals surface area contributed by atoms with E-state index in [1.807, 2.05) is 0 Å². The molecule has 0 spiro atoms. The summed E-state index contributed by atoms with van der Waals surface area (Å²) < 4.78 is 36.5.